The van der Waals surface area contributed by atoms with Gasteiger partial charge in [0.15, 0.2) is 6.29 Å². The SMILES string of the molecule is CS(=O)(=O)NCc1cnc(Cl)c(Cl)c1.CS(=O)(=O)ON.O=Cc1cnc(Cl)c(Cl)c1. The maximum atomic E-state index is 10.8. The maximum absolute atomic E-state index is 10.8. The third kappa shape index (κ3) is 14.0. The Hall–Kier alpha value is -1.09. The van der Waals surface area contributed by atoms with Gasteiger partial charge >= 0.3 is 0 Å². The highest BCUT2D eigenvalue weighted by Crippen LogP contribution is 2.19. The molecule has 2 heterocycles. The lowest BCUT2D eigenvalue weighted by atomic mass is 10.3. The number of carbonyl (C=O) groups excluding carboxylic acids is 1. The number of nitrogens with two attached hydrogens (primary N) is 1. The van der Waals surface area contributed by atoms with Gasteiger partial charge in [-0.1, -0.05) is 46.4 Å². The van der Waals surface area contributed by atoms with E-state index in [1.54, 1.807) is 6.07 Å². The van der Waals surface area contributed by atoms with Gasteiger partial charge in [-0.25, -0.2) is 23.1 Å². The summed E-state index contributed by atoms with van der Waals surface area (Å²) in [7, 11) is -6.58. The molecule has 168 valence electrons. The molecule has 0 amide bonds. The van der Waals surface area contributed by atoms with Crippen LogP contribution in [0, 0.1) is 0 Å². The summed E-state index contributed by atoms with van der Waals surface area (Å²) < 4.78 is 46.6. The molecular formula is C14H16Cl4N4O6S2. The first-order valence-corrected chi connectivity index (χ1v) is 12.5. The Morgan fingerprint density at radius 3 is 1.83 bits per heavy atom. The van der Waals surface area contributed by atoms with Crippen LogP contribution >= 0.6 is 46.4 Å². The quantitative estimate of drug-likeness (QED) is 0.329. The Labute approximate surface area is 193 Å². The van der Waals surface area contributed by atoms with Crippen LogP contribution in [0.1, 0.15) is 15.9 Å². The fourth-order valence-corrected chi connectivity index (χ4v) is 2.27. The van der Waals surface area contributed by atoms with Gasteiger partial charge in [-0.15, -0.1) is 0 Å². The molecule has 0 aliphatic carbocycles. The van der Waals surface area contributed by atoms with E-state index in [4.69, 9.17) is 46.4 Å². The van der Waals surface area contributed by atoms with Crippen LogP contribution in [0.5, 0.6) is 0 Å². The van der Waals surface area contributed by atoms with Crippen LogP contribution in [0.2, 0.25) is 20.4 Å². The number of halogens is 4. The Bertz CT molecular complexity index is 1070. The van der Waals surface area contributed by atoms with Gasteiger partial charge in [0.2, 0.25) is 10.0 Å². The summed E-state index contributed by atoms with van der Waals surface area (Å²) in [6, 6.07) is 3.03. The molecule has 0 aliphatic rings. The molecule has 0 bridgehead atoms. The van der Waals surface area contributed by atoms with Crippen molar-refractivity contribution >= 4 is 72.8 Å². The molecule has 3 N–H and O–H groups in total. The van der Waals surface area contributed by atoms with Gasteiger partial charge in [0.05, 0.1) is 22.6 Å². The number of aromatic nitrogens is 2. The summed E-state index contributed by atoms with van der Waals surface area (Å²) in [5, 5.41) is 1.02. The Morgan fingerprint density at radius 2 is 1.47 bits per heavy atom. The maximum Gasteiger partial charge on any atom is 0.280 e. The van der Waals surface area contributed by atoms with E-state index in [1.165, 1.54) is 18.5 Å². The Morgan fingerprint density at radius 1 is 1.00 bits per heavy atom. The molecular weight excluding hydrogens is 526 g/mol. The van der Waals surface area contributed by atoms with E-state index in [9.17, 15) is 21.6 Å². The molecule has 0 fully saturated rings. The number of aldehydes is 1. The van der Waals surface area contributed by atoms with E-state index < -0.39 is 20.1 Å². The zero-order valence-electron chi connectivity index (χ0n) is 15.3. The molecule has 0 saturated carbocycles. The number of nitrogens with one attached hydrogen (secondary N) is 1. The molecule has 16 heteroatoms. The molecule has 30 heavy (non-hydrogen) atoms. The van der Waals surface area contributed by atoms with Crippen molar-refractivity contribution < 1.29 is 25.9 Å². The van der Waals surface area contributed by atoms with Gasteiger partial charge < -0.3 is 0 Å². The highest BCUT2D eigenvalue weighted by Gasteiger charge is 2.04. The van der Waals surface area contributed by atoms with E-state index >= 15 is 0 Å². The third-order valence-corrected chi connectivity index (χ3v) is 4.91. The summed E-state index contributed by atoms with van der Waals surface area (Å²) in [5.74, 6) is 4.22. The number of sulfonamides is 1. The number of carbonyl (C=O) groups is 1. The van der Waals surface area contributed by atoms with Crippen LogP contribution in [0.4, 0.5) is 0 Å². The molecule has 0 saturated heterocycles. The first-order chi connectivity index (χ1) is 13.7. The molecule has 0 radical (unpaired) electrons. The summed E-state index contributed by atoms with van der Waals surface area (Å²) in [5.41, 5.74) is 1.08. The lowest BCUT2D eigenvalue weighted by Crippen LogP contribution is -2.21. The van der Waals surface area contributed by atoms with Crippen LogP contribution in [0.15, 0.2) is 24.5 Å². The van der Waals surface area contributed by atoms with Crippen molar-refractivity contribution in [3.8, 4) is 0 Å². The zero-order valence-corrected chi connectivity index (χ0v) is 20.0. The number of pyridine rings is 2. The monoisotopic (exact) mass is 540 g/mol. The van der Waals surface area contributed by atoms with Crippen molar-refractivity contribution in [3.05, 3.63) is 56.0 Å². The van der Waals surface area contributed by atoms with Crippen LogP contribution in [-0.2, 0) is 31.0 Å². The van der Waals surface area contributed by atoms with E-state index in [2.05, 4.69) is 24.9 Å². The second kappa shape index (κ2) is 13.3. The second-order valence-corrected chi connectivity index (χ2v) is 10.1. The summed E-state index contributed by atoms with van der Waals surface area (Å²) in [4.78, 5) is 17.6. The molecule has 2 aromatic heterocycles. The topological polar surface area (TPSA) is 158 Å². The van der Waals surface area contributed by atoms with Gasteiger partial charge in [-0.3, -0.25) is 4.79 Å². The van der Waals surface area contributed by atoms with Crippen molar-refractivity contribution in [2.24, 2.45) is 5.90 Å². The van der Waals surface area contributed by atoms with Crippen LogP contribution < -0.4 is 10.6 Å². The van der Waals surface area contributed by atoms with Crippen LogP contribution in [0.3, 0.4) is 0 Å². The molecule has 2 aromatic rings. The molecule has 0 aromatic carbocycles. The van der Waals surface area contributed by atoms with E-state index in [0.29, 0.717) is 27.5 Å². The first kappa shape index (κ1) is 28.9. The van der Waals surface area contributed by atoms with Crippen molar-refractivity contribution in [2.45, 2.75) is 6.54 Å². The summed E-state index contributed by atoms with van der Waals surface area (Å²) in [6.45, 7) is 0.155. The fraction of sp³-hybridized carbons (Fsp3) is 0.214. The molecule has 2 rings (SSSR count). The standard InChI is InChI=1S/C7H8Cl2N2O2S.C6H3Cl2NO.CH5NO3S/c1-14(12,13)11-4-5-2-6(8)7(9)10-3-5;7-5-1-4(3-10)2-9-6(5)8;1-6(3,4)5-2/h2-3,11H,4H2,1H3;1-3H;2H2,1H3. The zero-order chi connectivity index (χ0) is 23.5. The van der Waals surface area contributed by atoms with E-state index in [0.717, 1.165) is 12.5 Å². The van der Waals surface area contributed by atoms with Gasteiger partial charge in [0, 0.05) is 24.5 Å². The summed E-state index contributed by atoms with van der Waals surface area (Å²) >= 11 is 22.3. The molecule has 0 spiro atoms. The first-order valence-electron chi connectivity index (χ1n) is 7.27. The second-order valence-electron chi connectivity index (χ2n) is 5.17. The van der Waals surface area contributed by atoms with Gasteiger partial charge in [-0.05, 0) is 17.7 Å². The van der Waals surface area contributed by atoms with Crippen molar-refractivity contribution in [1.82, 2.24) is 14.7 Å². The third-order valence-electron chi connectivity index (χ3n) is 2.52. The summed E-state index contributed by atoms with van der Waals surface area (Å²) in [6.07, 6.45) is 5.44. The highest BCUT2D eigenvalue weighted by molar-refractivity contribution is 7.88. The minimum Gasteiger partial charge on any atom is -0.298 e. The molecule has 0 aliphatic heterocycles. The van der Waals surface area contributed by atoms with E-state index in [-0.39, 0.29) is 16.9 Å². The normalized spacial score (nSPS) is 10.9. The molecule has 0 atom stereocenters. The van der Waals surface area contributed by atoms with E-state index in [1.807, 2.05) is 0 Å². The number of hydrogen-bond acceptors (Lipinski definition) is 9. The fourth-order valence-electron chi connectivity index (χ4n) is 1.27. The van der Waals surface area contributed by atoms with Crippen molar-refractivity contribution in [2.75, 3.05) is 12.5 Å². The smallest absolute Gasteiger partial charge is 0.280 e. The lowest BCUT2D eigenvalue weighted by Gasteiger charge is -2.02. The van der Waals surface area contributed by atoms with Crippen molar-refractivity contribution in [1.29, 1.82) is 0 Å². The van der Waals surface area contributed by atoms with Gasteiger partial charge in [-0.2, -0.15) is 18.6 Å². The minimum absolute atomic E-state index is 0.155. The molecule has 0 unspecified atom stereocenters. The minimum atomic E-state index is -3.38. The highest BCUT2D eigenvalue weighted by atomic mass is 35.5. The van der Waals surface area contributed by atoms with Gasteiger partial charge in [0.25, 0.3) is 10.1 Å². The number of hydrogen-bond donors (Lipinski definition) is 2. The lowest BCUT2D eigenvalue weighted by molar-refractivity contribution is 0.112. The molecule has 10 nitrogen and oxygen atoms in total. The van der Waals surface area contributed by atoms with Crippen molar-refractivity contribution in [3.63, 3.8) is 0 Å². The van der Waals surface area contributed by atoms with Crippen LogP contribution in [-0.4, -0.2) is 45.6 Å². The Balaban J connectivity index is 0.000000459. The van der Waals surface area contributed by atoms with Crippen LogP contribution in [0.25, 0.3) is 0 Å². The largest absolute Gasteiger partial charge is 0.298 e. The number of nitrogens with zero attached hydrogens (tertiary/aromatic N) is 2. The average Bonchev–Trinajstić information content (AvgIpc) is 2.65. The predicted molar refractivity (Wildman–Crippen MR) is 116 cm³/mol. The van der Waals surface area contributed by atoms with Gasteiger partial charge in [0.1, 0.15) is 10.3 Å². The average molecular weight is 542 g/mol. The predicted octanol–water partition coefficient (Wildman–Crippen LogP) is 2.47. The Kier molecular flexibility index (Phi) is 12.9. The number of rotatable bonds is 5.